The fraction of sp³-hybridized carbons (Fsp3) is 0.381. The highest BCUT2D eigenvalue weighted by Gasteiger charge is 2.15. The van der Waals surface area contributed by atoms with Crippen molar-refractivity contribution < 1.29 is 9.53 Å². The molecular weight excluding hydrogens is 388 g/mol. The Morgan fingerprint density at radius 2 is 1.97 bits per heavy atom. The van der Waals surface area contributed by atoms with E-state index in [-0.39, 0.29) is 11.1 Å². The number of benzene rings is 1. The third-order valence-electron chi connectivity index (χ3n) is 5.00. The van der Waals surface area contributed by atoms with Gasteiger partial charge in [0.1, 0.15) is 17.9 Å². The molecule has 2 aromatic heterocycles. The Labute approximate surface area is 173 Å². The summed E-state index contributed by atoms with van der Waals surface area (Å²) in [4.78, 5) is 33.2. The smallest absolute Gasteiger partial charge is 0.271 e. The van der Waals surface area contributed by atoms with Crippen molar-refractivity contribution in [2.45, 2.75) is 26.2 Å². The number of aromatic nitrogens is 2. The number of nitrogens with one attached hydrogen (secondary N) is 1. The first-order chi connectivity index (χ1) is 14.1. The van der Waals surface area contributed by atoms with Gasteiger partial charge in [-0.3, -0.25) is 18.9 Å². The van der Waals surface area contributed by atoms with Crippen molar-refractivity contribution in [2.75, 3.05) is 31.6 Å². The number of likely N-dealkylation sites (tertiary alicyclic amines) is 1. The van der Waals surface area contributed by atoms with Gasteiger partial charge in [-0.15, -0.1) is 11.3 Å². The molecule has 0 unspecified atom stereocenters. The molecule has 1 fully saturated rings. The number of piperidine rings is 1. The van der Waals surface area contributed by atoms with Gasteiger partial charge in [0.25, 0.3) is 11.5 Å². The van der Waals surface area contributed by atoms with Crippen molar-refractivity contribution >= 4 is 27.9 Å². The SMILES string of the molecule is Cc1cn2c(=O)c(C(=O)Nc3ccc(OCCN4CCCCC4)cc3)cnc2s1. The van der Waals surface area contributed by atoms with Gasteiger partial charge in [-0.2, -0.15) is 0 Å². The fourth-order valence-electron chi connectivity index (χ4n) is 3.46. The minimum Gasteiger partial charge on any atom is -0.492 e. The van der Waals surface area contributed by atoms with Gasteiger partial charge >= 0.3 is 0 Å². The first-order valence-corrected chi connectivity index (χ1v) is 10.7. The molecule has 3 aromatic rings. The van der Waals surface area contributed by atoms with Gasteiger partial charge in [-0.1, -0.05) is 6.42 Å². The summed E-state index contributed by atoms with van der Waals surface area (Å²) >= 11 is 1.41. The maximum Gasteiger partial charge on any atom is 0.271 e. The molecule has 8 heteroatoms. The highest BCUT2D eigenvalue weighted by atomic mass is 32.1. The molecule has 1 amide bonds. The average Bonchev–Trinajstić information content (AvgIpc) is 3.12. The largest absolute Gasteiger partial charge is 0.492 e. The molecule has 4 rings (SSSR count). The zero-order chi connectivity index (χ0) is 20.2. The van der Waals surface area contributed by atoms with E-state index in [0.717, 1.165) is 30.3 Å². The zero-order valence-electron chi connectivity index (χ0n) is 16.4. The number of carbonyl (C=O) groups is 1. The zero-order valence-corrected chi connectivity index (χ0v) is 17.2. The Balaban J connectivity index is 1.35. The van der Waals surface area contributed by atoms with Gasteiger partial charge in [0, 0.05) is 29.5 Å². The molecule has 1 aliphatic heterocycles. The van der Waals surface area contributed by atoms with Gasteiger partial charge in [-0.05, 0) is 57.1 Å². The summed E-state index contributed by atoms with van der Waals surface area (Å²) in [6.07, 6.45) is 6.90. The van der Waals surface area contributed by atoms with E-state index in [9.17, 15) is 9.59 Å². The van der Waals surface area contributed by atoms with E-state index in [1.807, 2.05) is 19.1 Å². The van der Waals surface area contributed by atoms with Crippen molar-refractivity contribution in [3.05, 3.63) is 57.5 Å². The van der Waals surface area contributed by atoms with E-state index in [4.69, 9.17) is 4.74 Å². The number of nitrogens with zero attached hydrogens (tertiary/aromatic N) is 3. The minimum absolute atomic E-state index is 0.0159. The lowest BCUT2D eigenvalue weighted by molar-refractivity contribution is 0.102. The van der Waals surface area contributed by atoms with Gasteiger partial charge in [-0.25, -0.2) is 4.98 Å². The molecule has 1 saturated heterocycles. The molecule has 0 radical (unpaired) electrons. The molecule has 0 bridgehead atoms. The number of ether oxygens (including phenoxy) is 1. The van der Waals surface area contributed by atoms with Gasteiger partial charge in [0.2, 0.25) is 0 Å². The van der Waals surface area contributed by atoms with Crippen LogP contribution in [0.25, 0.3) is 4.96 Å². The maximum absolute atomic E-state index is 12.5. The highest BCUT2D eigenvalue weighted by Crippen LogP contribution is 2.17. The molecule has 152 valence electrons. The number of hydrogen-bond acceptors (Lipinski definition) is 6. The lowest BCUT2D eigenvalue weighted by atomic mass is 10.1. The molecule has 0 aliphatic carbocycles. The number of anilines is 1. The summed E-state index contributed by atoms with van der Waals surface area (Å²) in [5, 5.41) is 2.75. The molecule has 7 nitrogen and oxygen atoms in total. The van der Waals surface area contributed by atoms with E-state index < -0.39 is 5.91 Å². The number of amides is 1. The summed E-state index contributed by atoms with van der Waals surface area (Å²) in [7, 11) is 0. The molecule has 1 aliphatic rings. The van der Waals surface area contributed by atoms with Crippen molar-refractivity contribution in [3.63, 3.8) is 0 Å². The molecule has 0 spiro atoms. The van der Waals surface area contributed by atoms with E-state index in [1.54, 1.807) is 18.3 Å². The molecule has 0 atom stereocenters. The fourth-order valence-corrected chi connectivity index (χ4v) is 4.25. The monoisotopic (exact) mass is 412 g/mol. The average molecular weight is 413 g/mol. The number of fused-ring (bicyclic) bond motifs is 1. The van der Waals surface area contributed by atoms with Crippen LogP contribution in [0, 0.1) is 6.92 Å². The minimum atomic E-state index is -0.473. The normalized spacial score (nSPS) is 14.8. The Kier molecular flexibility index (Phi) is 5.92. The molecule has 0 saturated carbocycles. The molecule has 1 N–H and O–H groups in total. The van der Waals surface area contributed by atoms with E-state index in [0.29, 0.717) is 17.3 Å². The molecule has 1 aromatic carbocycles. The van der Waals surface area contributed by atoms with Crippen molar-refractivity contribution in [1.82, 2.24) is 14.3 Å². The van der Waals surface area contributed by atoms with Crippen molar-refractivity contribution in [1.29, 1.82) is 0 Å². The second-order valence-electron chi connectivity index (χ2n) is 7.20. The van der Waals surface area contributed by atoms with Crippen LogP contribution in [0.1, 0.15) is 34.5 Å². The van der Waals surface area contributed by atoms with Crippen LogP contribution < -0.4 is 15.6 Å². The second kappa shape index (κ2) is 8.75. The van der Waals surface area contributed by atoms with Crippen molar-refractivity contribution in [2.24, 2.45) is 0 Å². The van der Waals surface area contributed by atoms with Gasteiger partial charge in [0.05, 0.1) is 0 Å². The Hall–Kier alpha value is -2.71. The summed E-state index contributed by atoms with van der Waals surface area (Å²) in [6.45, 7) is 5.78. The molecule has 3 heterocycles. The van der Waals surface area contributed by atoms with Crippen LogP contribution in [0.4, 0.5) is 5.69 Å². The lowest BCUT2D eigenvalue weighted by Gasteiger charge is -2.26. The standard InChI is InChI=1S/C21H24N4O3S/c1-15-14-25-20(27)18(13-22-21(25)29-15)19(26)23-16-5-7-17(8-6-16)28-12-11-24-9-3-2-4-10-24/h5-8,13-14H,2-4,9-12H2,1H3,(H,23,26). The molecule has 29 heavy (non-hydrogen) atoms. The lowest BCUT2D eigenvalue weighted by Crippen LogP contribution is -2.33. The van der Waals surface area contributed by atoms with Gasteiger partial charge < -0.3 is 10.1 Å². The predicted octanol–water partition coefficient (Wildman–Crippen LogP) is 3.18. The van der Waals surface area contributed by atoms with Crippen LogP contribution in [-0.4, -0.2) is 46.4 Å². The number of rotatable bonds is 6. The quantitative estimate of drug-likeness (QED) is 0.673. The van der Waals surface area contributed by atoms with Crippen molar-refractivity contribution in [3.8, 4) is 5.75 Å². The second-order valence-corrected chi connectivity index (χ2v) is 8.41. The van der Waals surface area contributed by atoms with Crippen LogP contribution in [0.2, 0.25) is 0 Å². The Bertz CT molecular complexity index is 1050. The van der Waals surface area contributed by atoms with E-state index in [2.05, 4.69) is 15.2 Å². The number of carbonyl (C=O) groups excluding carboxylic acids is 1. The number of hydrogen-bond donors (Lipinski definition) is 1. The Morgan fingerprint density at radius 3 is 2.72 bits per heavy atom. The van der Waals surface area contributed by atoms with Crippen LogP contribution in [0.3, 0.4) is 0 Å². The van der Waals surface area contributed by atoms with Crippen LogP contribution in [-0.2, 0) is 0 Å². The Morgan fingerprint density at radius 1 is 1.21 bits per heavy atom. The third-order valence-corrected chi connectivity index (χ3v) is 5.92. The van der Waals surface area contributed by atoms with Gasteiger partial charge in [0.15, 0.2) is 4.96 Å². The maximum atomic E-state index is 12.5. The summed E-state index contributed by atoms with van der Waals surface area (Å²) in [6, 6.07) is 7.18. The van der Waals surface area contributed by atoms with E-state index in [1.165, 1.54) is 41.2 Å². The first-order valence-electron chi connectivity index (χ1n) is 9.84. The molecular formula is C21H24N4O3S. The van der Waals surface area contributed by atoms with E-state index >= 15 is 0 Å². The summed E-state index contributed by atoms with van der Waals surface area (Å²) < 4.78 is 7.22. The predicted molar refractivity (Wildman–Crippen MR) is 114 cm³/mol. The van der Waals surface area contributed by atoms with Crippen LogP contribution in [0.15, 0.2) is 41.5 Å². The number of aryl methyl sites for hydroxylation is 1. The number of thiazole rings is 1. The summed E-state index contributed by atoms with van der Waals surface area (Å²) in [5.74, 6) is 0.288. The topological polar surface area (TPSA) is 75.9 Å². The van der Waals surface area contributed by atoms with Crippen LogP contribution >= 0.6 is 11.3 Å². The van der Waals surface area contributed by atoms with Crippen LogP contribution in [0.5, 0.6) is 5.75 Å². The first kappa shape index (κ1) is 19.6. The third kappa shape index (κ3) is 4.65. The summed E-state index contributed by atoms with van der Waals surface area (Å²) in [5.41, 5.74) is 0.251. The highest BCUT2D eigenvalue weighted by molar-refractivity contribution is 7.16.